The lowest BCUT2D eigenvalue weighted by Crippen LogP contribution is -2.61. The number of aliphatic hydroxyl groups is 1. The Morgan fingerprint density at radius 3 is 2.29 bits per heavy atom. The van der Waals surface area contributed by atoms with Gasteiger partial charge in [0.1, 0.15) is 5.69 Å². The Balaban J connectivity index is 1.01. The largest absolute Gasteiger partial charge is 0.563 e. The van der Waals surface area contributed by atoms with Crippen molar-refractivity contribution >= 4 is 50.4 Å². The standard InChI is InChI=1S/C46H72N4O4Si2/c1-13-14-30-55(9,10)45(6,7)54-56(11,12)43(2,3)24-19-29-52-33-35(51)32-49-25-27-50(28-26-49)40-31-41-42(37-21-16-15-20-36(37)40)47-34-46(53-41)44(4,5)38-22-17-18-23-39(38)48(46)8/h15-18,20-23,31,34-35,51H,13-14,19,24-30,32-33H2,1-12H3/q-1. The molecule has 3 aliphatic rings. The molecule has 3 aromatic carbocycles. The molecule has 1 saturated heterocycles. The molecule has 0 radical (unpaired) electrons. The van der Waals surface area contributed by atoms with Crippen molar-refractivity contribution in [2.75, 3.05) is 62.8 Å². The zero-order valence-corrected chi connectivity index (χ0v) is 38.8. The van der Waals surface area contributed by atoms with Crippen LogP contribution in [0.3, 0.4) is 0 Å². The number of ether oxygens (including phenoxy) is 2. The topological polar surface area (TPSA) is 70.0 Å². The summed E-state index contributed by atoms with van der Waals surface area (Å²) in [6.07, 6.45) is 6.09. The Hall–Kier alpha value is -2.74. The number of benzene rings is 3. The number of unbranched alkanes of at least 4 members (excludes halogenated alkanes) is 1. The molecule has 2 unspecified atom stereocenters. The molecule has 2 atom stereocenters. The van der Waals surface area contributed by atoms with Gasteiger partial charge in [-0.1, -0.05) is 102 Å². The van der Waals surface area contributed by atoms with E-state index in [9.17, 15) is 5.11 Å². The van der Waals surface area contributed by atoms with Crippen LogP contribution in [-0.4, -0.2) is 103 Å². The Morgan fingerprint density at radius 2 is 1.61 bits per heavy atom. The molecule has 1 N–H and O–H groups in total. The Kier molecular flexibility index (Phi) is 12.3. The maximum absolute atomic E-state index is 11.0. The third-order valence-electron chi connectivity index (χ3n) is 14.4. The lowest BCUT2D eigenvalue weighted by atomic mass is 9.77. The van der Waals surface area contributed by atoms with Gasteiger partial charge in [-0.2, -0.15) is 0 Å². The number of aliphatic imine (C=N–C) groups is 1. The molecule has 0 saturated carbocycles. The molecule has 3 aromatic rings. The van der Waals surface area contributed by atoms with E-state index in [1.807, 2.05) is 6.21 Å². The van der Waals surface area contributed by atoms with Crippen LogP contribution in [0.15, 0.2) is 59.6 Å². The number of aliphatic hydroxyl groups excluding tert-OH is 1. The molecule has 8 nitrogen and oxygen atoms in total. The van der Waals surface area contributed by atoms with Crippen LogP contribution in [0.5, 0.6) is 5.75 Å². The zero-order valence-electron chi connectivity index (χ0n) is 36.8. The first-order chi connectivity index (χ1) is 26.3. The third-order valence-corrected chi connectivity index (χ3v) is 24.1. The van der Waals surface area contributed by atoms with E-state index in [0.29, 0.717) is 19.8 Å². The van der Waals surface area contributed by atoms with Crippen molar-refractivity contribution < 1.29 is 19.0 Å². The number of hydrogen-bond donors (Lipinski definition) is 1. The van der Waals surface area contributed by atoms with Crippen molar-refractivity contribution in [1.82, 2.24) is 4.90 Å². The number of hydrogen-bond acceptors (Lipinski definition) is 8. The van der Waals surface area contributed by atoms with Crippen molar-refractivity contribution in [3.63, 3.8) is 0 Å². The van der Waals surface area contributed by atoms with Crippen molar-refractivity contribution in [2.24, 2.45) is 4.99 Å². The van der Waals surface area contributed by atoms with Gasteiger partial charge in [0, 0.05) is 79.8 Å². The monoisotopic (exact) mass is 801 g/mol. The van der Waals surface area contributed by atoms with Crippen LogP contribution in [0, 0.1) is 0 Å². The maximum Gasteiger partial charge on any atom is 0.228 e. The maximum atomic E-state index is 11.0. The van der Waals surface area contributed by atoms with E-state index in [0.717, 1.165) is 55.8 Å². The number of nitrogens with zero attached hydrogens (tertiary/aromatic N) is 4. The summed E-state index contributed by atoms with van der Waals surface area (Å²) in [6, 6.07) is 20.7. The predicted octanol–water partition coefficient (Wildman–Crippen LogP) is 10.2. The molecule has 0 aliphatic carbocycles. The highest BCUT2D eigenvalue weighted by molar-refractivity contribution is 6.82. The summed E-state index contributed by atoms with van der Waals surface area (Å²) < 4.78 is 20.4. The number of likely N-dealkylation sites (N-methyl/N-ethyl adjacent to an activating group) is 1. The van der Waals surface area contributed by atoms with Crippen LogP contribution in [0.4, 0.5) is 17.1 Å². The highest BCUT2D eigenvalue weighted by atomic mass is 28.4. The Bertz CT molecular complexity index is 1870. The molecule has 309 valence electrons. The van der Waals surface area contributed by atoms with E-state index in [-0.39, 0.29) is 15.7 Å². The van der Waals surface area contributed by atoms with Gasteiger partial charge >= 0.3 is 0 Å². The summed E-state index contributed by atoms with van der Waals surface area (Å²) in [6.45, 7) is 31.2. The molecular weight excluding hydrogens is 729 g/mol. The van der Waals surface area contributed by atoms with Gasteiger partial charge < -0.3 is 28.8 Å². The van der Waals surface area contributed by atoms with Gasteiger partial charge in [-0.15, -0.1) is 18.1 Å². The number of piperazine rings is 1. The van der Waals surface area contributed by atoms with Crippen LogP contribution < -0.4 is 14.5 Å². The fourth-order valence-corrected chi connectivity index (χ4v) is 15.2. The van der Waals surface area contributed by atoms with Crippen molar-refractivity contribution in [3.05, 3.63) is 60.2 Å². The van der Waals surface area contributed by atoms with Gasteiger partial charge in [-0.05, 0) is 54.1 Å². The Labute approximate surface area is 340 Å². The molecule has 0 amide bonds. The van der Waals surface area contributed by atoms with Crippen LogP contribution in [0.1, 0.15) is 79.7 Å². The summed E-state index contributed by atoms with van der Waals surface area (Å²) >= 11 is 0. The van der Waals surface area contributed by atoms with Gasteiger partial charge in [0.05, 0.1) is 32.4 Å². The van der Waals surface area contributed by atoms with Gasteiger partial charge in [0.25, 0.3) is 0 Å². The summed E-state index contributed by atoms with van der Waals surface area (Å²) in [5.74, 6) is 0.822. The fourth-order valence-electron chi connectivity index (χ4n) is 9.16. The van der Waals surface area contributed by atoms with E-state index >= 15 is 0 Å². The van der Waals surface area contributed by atoms with Gasteiger partial charge in [0.2, 0.25) is 5.72 Å². The summed E-state index contributed by atoms with van der Waals surface area (Å²) in [7, 11) is -1.42. The molecular formula is C46H72N4O4Si2-. The van der Waals surface area contributed by atoms with Crippen molar-refractivity contribution in [1.29, 1.82) is 0 Å². The fraction of sp³-hybridized carbons (Fsp3) is 0.630. The smallest absolute Gasteiger partial charge is 0.228 e. The summed E-state index contributed by atoms with van der Waals surface area (Å²) in [4.78, 5) is 12.2. The van der Waals surface area contributed by atoms with Gasteiger partial charge in [-0.3, -0.25) is 9.89 Å². The second kappa shape index (κ2) is 16.1. The minimum atomic E-state index is -2.00. The minimum absolute atomic E-state index is 0.0416. The molecule has 0 aromatic heterocycles. The first-order valence-electron chi connectivity index (χ1n) is 21.3. The molecule has 3 heterocycles. The molecule has 56 heavy (non-hydrogen) atoms. The van der Waals surface area contributed by atoms with Gasteiger partial charge in [-0.25, -0.2) is 0 Å². The lowest BCUT2D eigenvalue weighted by molar-refractivity contribution is 0.0140. The zero-order chi connectivity index (χ0) is 40.7. The third kappa shape index (κ3) is 8.00. The SMILES string of the molecule is CCCC[Si](C)(C)C(C)(C)O[Si-](C)(C)C(C)(C)CCCOCC(O)CN1CCN(c2cc3c(c4ccccc24)N=CC2(O3)N(C)c3ccccc3C2(C)C)CC1. The predicted molar refractivity (Wildman–Crippen MR) is 242 cm³/mol. The molecule has 3 aliphatic heterocycles. The highest BCUT2D eigenvalue weighted by Crippen LogP contribution is 2.55. The van der Waals surface area contributed by atoms with E-state index in [4.69, 9.17) is 18.9 Å². The number of para-hydroxylation sites is 1. The normalized spacial score (nSPS) is 20.7. The van der Waals surface area contributed by atoms with E-state index in [2.05, 4.69) is 151 Å². The van der Waals surface area contributed by atoms with Crippen LogP contribution in [-0.2, 0) is 14.6 Å². The molecule has 10 heteroatoms. The molecule has 0 bridgehead atoms. The molecule has 6 rings (SSSR count). The average molecular weight is 801 g/mol. The first kappa shape index (κ1) is 42.9. The van der Waals surface area contributed by atoms with E-state index in [1.54, 1.807) is 0 Å². The quantitative estimate of drug-likeness (QED) is 0.114. The molecule has 1 spiro atoms. The first-order valence-corrected chi connectivity index (χ1v) is 27.4. The van der Waals surface area contributed by atoms with Crippen LogP contribution in [0.2, 0.25) is 37.3 Å². The summed E-state index contributed by atoms with van der Waals surface area (Å²) in [5.41, 5.74) is 3.47. The molecule has 1 fully saturated rings. The van der Waals surface area contributed by atoms with E-state index in [1.165, 1.54) is 41.2 Å². The number of fused-ring (bicyclic) bond motifs is 4. The highest BCUT2D eigenvalue weighted by Gasteiger charge is 2.58. The summed E-state index contributed by atoms with van der Waals surface area (Å²) in [5, 5.41) is 13.4. The second-order valence-corrected chi connectivity index (χ2v) is 29.7. The van der Waals surface area contributed by atoms with Crippen molar-refractivity contribution in [2.45, 2.75) is 134 Å². The van der Waals surface area contributed by atoms with E-state index < -0.39 is 28.2 Å². The number of β-amino-alcohol motifs (C(OH)–C–C–N with tert-alkyl or cyclic N) is 1. The number of rotatable bonds is 16. The average Bonchev–Trinajstić information content (AvgIpc) is 3.30. The minimum Gasteiger partial charge on any atom is -0.563 e. The number of anilines is 2. The Morgan fingerprint density at radius 1 is 0.946 bits per heavy atom. The van der Waals surface area contributed by atoms with Crippen LogP contribution >= 0.6 is 0 Å². The lowest BCUT2D eigenvalue weighted by Gasteiger charge is -2.59. The second-order valence-electron chi connectivity index (χ2n) is 19.7. The van der Waals surface area contributed by atoms with Gasteiger partial charge in [0.15, 0.2) is 5.75 Å². The van der Waals surface area contributed by atoms with Crippen molar-refractivity contribution in [3.8, 4) is 5.75 Å². The van der Waals surface area contributed by atoms with Crippen LogP contribution in [0.25, 0.3) is 10.8 Å².